The van der Waals surface area contributed by atoms with Gasteiger partial charge in [-0.15, -0.1) is 0 Å². The summed E-state index contributed by atoms with van der Waals surface area (Å²) in [6.45, 7) is 4.68. The molecule has 0 unspecified atom stereocenters. The number of halogens is 1. The molecule has 0 aromatic heterocycles. The SMILES string of the molecule is CC1CCC(c2ccc(-c3ccc(C4CCC(C)CC4)c(F)c3)cc2)CC1.[HH].[HH]. The lowest BCUT2D eigenvalue weighted by molar-refractivity contribution is 0.342. The Kier molecular flexibility index (Phi) is 5.66. The predicted octanol–water partition coefficient (Wildman–Crippen LogP) is 8.57. The zero-order valence-electron chi connectivity index (χ0n) is 16.9. The molecule has 0 saturated heterocycles. The van der Waals surface area contributed by atoms with E-state index in [1.807, 2.05) is 6.07 Å². The molecule has 1 heteroatoms. The van der Waals surface area contributed by atoms with E-state index < -0.39 is 0 Å². The Morgan fingerprint density at radius 2 is 1.19 bits per heavy atom. The Labute approximate surface area is 167 Å². The summed E-state index contributed by atoms with van der Waals surface area (Å²) >= 11 is 0. The molecule has 0 N–H and O–H groups in total. The smallest absolute Gasteiger partial charge is 0.127 e. The number of rotatable bonds is 3. The van der Waals surface area contributed by atoms with Crippen LogP contribution >= 0.6 is 0 Å². The van der Waals surface area contributed by atoms with E-state index in [2.05, 4.69) is 44.2 Å². The standard InChI is InChI=1S/C26H33F.2H2/c1-18-3-7-20(8-4-18)21-11-13-22(14-12-21)24-15-16-25(26(27)17-24)23-9-5-19(2)6-10-23;;/h11-20,23H,3-10H2,1-2H3;2*1H. The van der Waals surface area contributed by atoms with Crippen LogP contribution in [-0.2, 0) is 0 Å². The minimum absolute atomic E-state index is 0. The fourth-order valence-corrected chi connectivity index (χ4v) is 5.15. The summed E-state index contributed by atoms with van der Waals surface area (Å²) in [5, 5.41) is 0. The highest BCUT2D eigenvalue weighted by Gasteiger charge is 2.23. The Bertz CT molecular complexity index is 755. The number of hydrogen-bond donors (Lipinski definition) is 0. The maximum atomic E-state index is 14.8. The zero-order valence-corrected chi connectivity index (χ0v) is 16.9. The van der Waals surface area contributed by atoms with E-state index in [9.17, 15) is 4.39 Å². The first kappa shape index (κ1) is 18.7. The summed E-state index contributed by atoms with van der Waals surface area (Å²) < 4.78 is 14.8. The van der Waals surface area contributed by atoms with E-state index in [1.165, 1.54) is 44.1 Å². The van der Waals surface area contributed by atoms with E-state index in [1.54, 1.807) is 6.07 Å². The van der Waals surface area contributed by atoms with Crippen molar-refractivity contribution in [2.45, 2.75) is 77.0 Å². The Morgan fingerprint density at radius 1 is 0.667 bits per heavy atom. The first-order chi connectivity index (χ1) is 13.1. The van der Waals surface area contributed by atoms with Crippen LogP contribution in [0.3, 0.4) is 0 Å². The van der Waals surface area contributed by atoms with Gasteiger partial charge >= 0.3 is 0 Å². The molecule has 148 valence electrons. The normalized spacial score (nSPS) is 28.9. The zero-order chi connectivity index (χ0) is 18.8. The van der Waals surface area contributed by atoms with E-state index in [-0.39, 0.29) is 8.67 Å². The van der Waals surface area contributed by atoms with Gasteiger partial charge in [-0.1, -0.05) is 75.9 Å². The lowest BCUT2D eigenvalue weighted by atomic mass is 9.78. The number of hydrogen-bond acceptors (Lipinski definition) is 0. The molecule has 27 heavy (non-hydrogen) atoms. The first-order valence-corrected chi connectivity index (χ1v) is 11.0. The molecule has 0 aliphatic heterocycles. The lowest BCUT2D eigenvalue weighted by Crippen LogP contribution is -2.12. The second-order valence-electron chi connectivity index (χ2n) is 9.27. The summed E-state index contributed by atoms with van der Waals surface area (Å²) in [6.07, 6.45) is 10.0. The molecular formula is C26H37F. The average Bonchev–Trinajstić information content (AvgIpc) is 2.69. The largest absolute Gasteiger partial charge is 0.207 e. The molecule has 0 heterocycles. The van der Waals surface area contributed by atoms with Crippen LogP contribution in [0.4, 0.5) is 4.39 Å². The summed E-state index contributed by atoms with van der Waals surface area (Å²) in [7, 11) is 0. The van der Waals surface area contributed by atoms with Gasteiger partial charge in [0, 0.05) is 2.85 Å². The van der Waals surface area contributed by atoms with Crippen molar-refractivity contribution in [3.63, 3.8) is 0 Å². The minimum atomic E-state index is -0.0163. The quantitative estimate of drug-likeness (QED) is 0.509. The van der Waals surface area contributed by atoms with Gasteiger partial charge in [0.2, 0.25) is 0 Å². The molecule has 4 rings (SSSR count). The highest BCUT2D eigenvalue weighted by molar-refractivity contribution is 5.64. The maximum Gasteiger partial charge on any atom is 0.127 e. The summed E-state index contributed by atoms with van der Waals surface area (Å²) in [4.78, 5) is 0. The molecule has 0 nitrogen and oxygen atoms in total. The third-order valence-corrected chi connectivity index (χ3v) is 7.19. The summed E-state index contributed by atoms with van der Waals surface area (Å²) in [5.74, 6) is 2.79. The highest BCUT2D eigenvalue weighted by atomic mass is 19.1. The first-order valence-electron chi connectivity index (χ1n) is 11.0. The Morgan fingerprint density at radius 3 is 1.74 bits per heavy atom. The van der Waals surface area contributed by atoms with Crippen molar-refractivity contribution >= 4 is 0 Å². The third kappa shape index (κ3) is 4.28. The highest BCUT2D eigenvalue weighted by Crippen LogP contribution is 2.38. The molecule has 2 saturated carbocycles. The fraction of sp³-hybridized carbons (Fsp3) is 0.538. The molecule has 0 radical (unpaired) electrons. The van der Waals surface area contributed by atoms with Gasteiger partial charge < -0.3 is 0 Å². The van der Waals surface area contributed by atoms with Gasteiger partial charge in [-0.05, 0) is 77.7 Å². The summed E-state index contributed by atoms with van der Waals surface area (Å²) in [6, 6.07) is 14.8. The van der Waals surface area contributed by atoms with Crippen LogP contribution in [-0.4, -0.2) is 0 Å². The molecule has 2 fully saturated rings. The molecule has 0 amide bonds. The van der Waals surface area contributed by atoms with Gasteiger partial charge in [0.15, 0.2) is 0 Å². The van der Waals surface area contributed by atoms with E-state index >= 15 is 0 Å². The molecule has 0 bridgehead atoms. The van der Waals surface area contributed by atoms with Gasteiger partial charge in [-0.25, -0.2) is 4.39 Å². The van der Waals surface area contributed by atoms with E-state index in [4.69, 9.17) is 0 Å². The predicted molar refractivity (Wildman–Crippen MR) is 117 cm³/mol. The second-order valence-corrected chi connectivity index (χ2v) is 9.27. The van der Waals surface area contributed by atoms with Gasteiger partial charge in [0.05, 0.1) is 0 Å². The van der Waals surface area contributed by atoms with Crippen LogP contribution in [0.2, 0.25) is 0 Å². The van der Waals surface area contributed by atoms with Gasteiger partial charge in [-0.3, -0.25) is 0 Å². The maximum absolute atomic E-state index is 14.8. The Hall–Kier alpha value is -1.63. The van der Waals surface area contributed by atoms with Crippen molar-refractivity contribution in [3.8, 4) is 11.1 Å². The van der Waals surface area contributed by atoms with Crippen molar-refractivity contribution in [1.29, 1.82) is 0 Å². The van der Waals surface area contributed by atoms with Crippen LogP contribution in [0, 0.1) is 17.7 Å². The van der Waals surface area contributed by atoms with Crippen molar-refractivity contribution in [1.82, 2.24) is 0 Å². The molecule has 2 aliphatic rings. The molecule has 2 aliphatic carbocycles. The van der Waals surface area contributed by atoms with E-state index in [0.29, 0.717) is 11.8 Å². The van der Waals surface area contributed by atoms with Crippen LogP contribution in [0.25, 0.3) is 11.1 Å². The molecule has 0 atom stereocenters. The fourth-order valence-electron chi connectivity index (χ4n) is 5.15. The van der Waals surface area contributed by atoms with Crippen LogP contribution in [0.15, 0.2) is 42.5 Å². The van der Waals surface area contributed by atoms with Crippen LogP contribution < -0.4 is 0 Å². The van der Waals surface area contributed by atoms with Crippen molar-refractivity contribution < 1.29 is 7.24 Å². The summed E-state index contributed by atoms with van der Waals surface area (Å²) in [5.41, 5.74) is 4.52. The monoisotopic (exact) mass is 368 g/mol. The molecule has 2 aromatic rings. The minimum Gasteiger partial charge on any atom is -0.207 e. The second kappa shape index (κ2) is 8.17. The molecule has 0 spiro atoms. The van der Waals surface area contributed by atoms with Crippen molar-refractivity contribution in [2.75, 3.05) is 0 Å². The van der Waals surface area contributed by atoms with Gasteiger partial charge in [0.25, 0.3) is 0 Å². The third-order valence-electron chi connectivity index (χ3n) is 7.19. The lowest BCUT2D eigenvalue weighted by Gasteiger charge is -2.27. The Balaban J connectivity index is 0.00000150. The van der Waals surface area contributed by atoms with Crippen molar-refractivity contribution in [3.05, 3.63) is 59.4 Å². The molecular weight excluding hydrogens is 331 g/mol. The topological polar surface area (TPSA) is 0 Å². The van der Waals surface area contributed by atoms with E-state index in [0.717, 1.165) is 41.4 Å². The van der Waals surface area contributed by atoms with Crippen LogP contribution in [0.1, 0.15) is 91.0 Å². The average molecular weight is 369 g/mol. The number of benzene rings is 2. The van der Waals surface area contributed by atoms with Crippen molar-refractivity contribution in [2.24, 2.45) is 11.8 Å². The van der Waals surface area contributed by atoms with Gasteiger partial charge in [0.1, 0.15) is 5.82 Å². The molecule has 2 aromatic carbocycles. The van der Waals surface area contributed by atoms with Gasteiger partial charge in [-0.2, -0.15) is 0 Å². The van der Waals surface area contributed by atoms with Crippen LogP contribution in [0.5, 0.6) is 0 Å².